The van der Waals surface area contributed by atoms with Gasteiger partial charge in [0.2, 0.25) is 11.8 Å². The Morgan fingerprint density at radius 1 is 1.24 bits per heavy atom. The molecule has 114 valence electrons. The van der Waals surface area contributed by atoms with Gasteiger partial charge >= 0.3 is 0 Å². The van der Waals surface area contributed by atoms with Gasteiger partial charge in [-0.3, -0.25) is 9.59 Å². The van der Waals surface area contributed by atoms with Crippen LogP contribution in [0.3, 0.4) is 0 Å². The zero-order chi connectivity index (χ0) is 15.4. The predicted octanol–water partition coefficient (Wildman–Crippen LogP) is 1.99. The number of hydrogen-bond acceptors (Lipinski definition) is 2. The highest BCUT2D eigenvalue weighted by atomic mass is 19.1. The summed E-state index contributed by atoms with van der Waals surface area (Å²) in [6.07, 6.45) is 1.48. The number of benzene rings is 1. The first-order chi connectivity index (χ1) is 10.0. The Hall–Kier alpha value is -1.91. The first kappa shape index (κ1) is 15.5. The van der Waals surface area contributed by atoms with Crippen LogP contribution in [0.2, 0.25) is 0 Å². The lowest BCUT2D eigenvalue weighted by molar-refractivity contribution is -0.127. The molecule has 0 saturated heterocycles. The van der Waals surface area contributed by atoms with Gasteiger partial charge in [-0.1, -0.05) is 19.1 Å². The molecule has 0 spiro atoms. The van der Waals surface area contributed by atoms with Crippen LogP contribution >= 0.6 is 0 Å². The lowest BCUT2D eigenvalue weighted by Crippen LogP contribution is -2.35. The van der Waals surface area contributed by atoms with Gasteiger partial charge in [-0.05, 0) is 37.5 Å². The minimum atomic E-state index is -0.297. The fraction of sp³-hybridized carbons (Fsp3) is 0.500. The van der Waals surface area contributed by atoms with E-state index in [0.29, 0.717) is 13.0 Å². The zero-order valence-electron chi connectivity index (χ0n) is 12.4. The van der Waals surface area contributed by atoms with Crippen molar-refractivity contribution in [3.05, 3.63) is 35.6 Å². The van der Waals surface area contributed by atoms with E-state index in [1.54, 1.807) is 12.1 Å². The van der Waals surface area contributed by atoms with Gasteiger partial charge in [0.25, 0.3) is 0 Å². The summed E-state index contributed by atoms with van der Waals surface area (Å²) in [7, 11) is 0. The van der Waals surface area contributed by atoms with Crippen LogP contribution in [0.25, 0.3) is 0 Å². The maximum absolute atomic E-state index is 12.8. The Balaban J connectivity index is 1.75. The van der Waals surface area contributed by atoms with Gasteiger partial charge in [-0.15, -0.1) is 0 Å². The molecule has 1 aromatic rings. The molecule has 0 aromatic heterocycles. The number of hydrogen-bond donors (Lipinski definition) is 2. The van der Waals surface area contributed by atoms with Crippen molar-refractivity contribution in [1.29, 1.82) is 0 Å². The highest BCUT2D eigenvalue weighted by molar-refractivity contribution is 5.92. The molecule has 0 aliphatic heterocycles. The van der Waals surface area contributed by atoms with Gasteiger partial charge in [0.05, 0.1) is 11.8 Å². The molecule has 21 heavy (non-hydrogen) atoms. The molecule has 1 aliphatic rings. The van der Waals surface area contributed by atoms with E-state index in [-0.39, 0.29) is 35.5 Å². The Kier molecular flexibility index (Phi) is 4.94. The summed E-state index contributed by atoms with van der Waals surface area (Å²) in [4.78, 5) is 23.8. The highest BCUT2D eigenvalue weighted by Crippen LogP contribution is 2.38. The molecule has 4 nitrogen and oxygen atoms in total. The molecule has 1 saturated carbocycles. The average molecular weight is 292 g/mol. The second-order valence-corrected chi connectivity index (χ2v) is 5.61. The van der Waals surface area contributed by atoms with E-state index in [0.717, 1.165) is 12.0 Å². The molecule has 1 aromatic carbocycles. The second-order valence-electron chi connectivity index (χ2n) is 5.61. The minimum Gasteiger partial charge on any atom is -0.353 e. The Morgan fingerprint density at radius 2 is 1.86 bits per heavy atom. The van der Waals surface area contributed by atoms with Crippen molar-refractivity contribution in [3.8, 4) is 0 Å². The molecule has 2 N–H and O–H groups in total. The molecule has 2 amide bonds. The lowest BCUT2D eigenvalue weighted by atomic mass is 10.2. The van der Waals surface area contributed by atoms with Crippen molar-refractivity contribution < 1.29 is 14.0 Å². The third-order valence-electron chi connectivity index (χ3n) is 3.85. The topological polar surface area (TPSA) is 58.2 Å². The van der Waals surface area contributed by atoms with Gasteiger partial charge in [-0.25, -0.2) is 4.39 Å². The molecule has 0 radical (unpaired) electrons. The van der Waals surface area contributed by atoms with Crippen molar-refractivity contribution in [2.45, 2.75) is 39.3 Å². The summed E-state index contributed by atoms with van der Waals surface area (Å²) in [6, 6.07) is 6.13. The van der Waals surface area contributed by atoms with Crippen LogP contribution in [0.15, 0.2) is 24.3 Å². The van der Waals surface area contributed by atoms with Gasteiger partial charge in [-0.2, -0.15) is 0 Å². The third kappa shape index (κ3) is 4.28. The monoisotopic (exact) mass is 292 g/mol. The van der Waals surface area contributed by atoms with Crippen molar-refractivity contribution in [2.24, 2.45) is 11.8 Å². The number of amides is 2. The first-order valence-electron chi connectivity index (χ1n) is 7.33. The molecular formula is C16H21FN2O2. The summed E-state index contributed by atoms with van der Waals surface area (Å²) >= 11 is 0. The fourth-order valence-corrected chi connectivity index (χ4v) is 2.15. The number of halogens is 1. The summed E-state index contributed by atoms with van der Waals surface area (Å²) in [5.74, 6) is -0.870. The second kappa shape index (κ2) is 6.70. The Bertz CT molecular complexity index is 516. The van der Waals surface area contributed by atoms with Crippen LogP contribution < -0.4 is 10.6 Å². The largest absolute Gasteiger partial charge is 0.353 e. The van der Waals surface area contributed by atoms with Crippen molar-refractivity contribution >= 4 is 11.8 Å². The minimum absolute atomic E-state index is 0.0358. The summed E-state index contributed by atoms with van der Waals surface area (Å²) in [5, 5.41) is 5.69. The van der Waals surface area contributed by atoms with Gasteiger partial charge in [0.1, 0.15) is 5.82 Å². The fourth-order valence-electron chi connectivity index (χ4n) is 2.15. The van der Waals surface area contributed by atoms with E-state index in [9.17, 15) is 14.0 Å². The molecule has 3 unspecified atom stereocenters. The van der Waals surface area contributed by atoms with Crippen molar-refractivity contribution in [2.75, 3.05) is 0 Å². The quantitative estimate of drug-likeness (QED) is 0.842. The first-order valence-corrected chi connectivity index (χ1v) is 7.33. The summed E-state index contributed by atoms with van der Waals surface area (Å²) < 4.78 is 12.8. The molecule has 5 heteroatoms. The van der Waals surface area contributed by atoms with Crippen LogP contribution in [-0.4, -0.2) is 17.9 Å². The molecule has 0 heterocycles. The smallest absolute Gasteiger partial charge is 0.224 e. The van der Waals surface area contributed by atoms with Crippen LogP contribution in [-0.2, 0) is 16.1 Å². The predicted molar refractivity (Wildman–Crippen MR) is 77.7 cm³/mol. The van der Waals surface area contributed by atoms with Crippen LogP contribution in [0.1, 0.15) is 32.3 Å². The van der Waals surface area contributed by atoms with Crippen molar-refractivity contribution in [1.82, 2.24) is 10.6 Å². The standard InChI is InChI=1S/C16H21FN2O2/c1-3-10(2)19-16(21)14-8-13(14)15(20)18-9-11-4-6-12(17)7-5-11/h4-7,10,13-14H,3,8-9H2,1-2H3,(H,18,20)(H,19,21). The van der Waals surface area contributed by atoms with Crippen molar-refractivity contribution in [3.63, 3.8) is 0 Å². The Labute approximate surface area is 124 Å². The van der Waals surface area contributed by atoms with Gasteiger partial charge < -0.3 is 10.6 Å². The maximum atomic E-state index is 12.8. The van der Waals surface area contributed by atoms with Crippen LogP contribution in [0.5, 0.6) is 0 Å². The highest BCUT2D eigenvalue weighted by Gasteiger charge is 2.47. The molecule has 1 fully saturated rings. The van der Waals surface area contributed by atoms with E-state index in [1.165, 1.54) is 12.1 Å². The number of carbonyl (C=O) groups is 2. The molecular weight excluding hydrogens is 271 g/mol. The lowest BCUT2D eigenvalue weighted by Gasteiger charge is -2.11. The summed E-state index contributed by atoms with van der Waals surface area (Å²) in [6.45, 7) is 4.31. The van der Waals surface area contributed by atoms with E-state index in [2.05, 4.69) is 10.6 Å². The van der Waals surface area contributed by atoms with E-state index in [1.807, 2.05) is 13.8 Å². The normalized spacial score (nSPS) is 21.5. The van der Waals surface area contributed by atoms with E-state index >= 15 is 0 Å². The van der Waals surface area contributed by atoms with E-state index < -0.39 is 0 Å². The van der Waals surface area contributed by atoms with Crippen LogP contribution in [0.4, 0.5) is 4.39 Å². The average Bonchev–Trinajstić information content (AvgIpc) is 3.26. The summed E-state index contributed by atoms with van der Waals surface area (Å²) in [5.41, 5.74) is 0.839. The molecule has 3 atom stereocenters. The van der Waals surface area contributed by atoms with Gasteiger partial charge in [0, 0.05) is 12.6 Å². The molecule has 0 bridgehead atoms. The SMILES string of the molecule is CCC(C)NC(=O)C1CC1C(=O)NCc1ccc(F)cc1. The van der Waals surface area contributed by atoms with Gasteiger partial charge in [0.15, 0.2) is 0 Å². The van der Waals surface area contributed by atoms with Crippen LogP contribution in [0, 0.1) is 17.7 Å². The number of nitrogens with one attached hydrogen (secondary N) is 2. The Morgan fingerprint density at radius 3 is 2.48 bits per heavy atom. The number of carbonyl (C=O) groups excluding carboxylic acids is 2. The zero-order valence-corrected chi connectivity index (χ0v) is 12.4. The maximum Gasteiger partial charge on any atom is 0.224 e. The van der Waals surface area contributed by atoms with E-state index in [4.69, 9.17) is 0 Å². The third-order valence-corrected chi connectivity index (χ3v) is 3.85. The molecule has 1 aliphatic carbocycles. The number of rotatable bonds is 6. The molecule has 2 rings (SSSR count).